The average molecular weight is 227 g/mol. The number of aromatic carboxylic acids is 1. The van der Waals surface area contributed by atoms with E-state index in [1.54, 1.807) is 6.08 Å². The van der Waals surface area contributed by atoms with Gasteiger partial charge in [-0.05, 0) is 30.7 Å². The molecule has 0 unspecified atom stereocenters. The maximum absolute atomic E-state index is 13.2. The summed E-state index contributed by atoms with van der Waals surface area (Å²) in [6, 6.07) is 1.94. The first-order chi connectivity index (χ1) is 7.56. The van der Waals surface area contributed by atoms with Gasteiger partial charge in [-0.15, -0.1) is 0 Å². The average Bonchev–Trinajstić information content (AvgIpc) is 2.16. The molecule has 1 aromatic carbocycles. The van der Waals surface area contributed by atoms with E-state index in [1.165, 1.54) is 6.08 Å². The van der Waals surface area contributed by atoms with Crippen molar-refractivity contribution in [2.45, 2.75) is 6.42 Å². The van der Waals surface area contributed by atoms with Crippen LogP contribution in [0.5, 0.6) is 0 Å². The second-order valence-electron chi connectivity index (χ2n) is 3.14. The van der Waals surface area contributed by atoms with Crippen molar-refractivity contribution < 1.29 is 18.7 Å². The number of carboxylic acids is 1. The molecule has 0 saturated heterocycles. The van der Waals surface area contributed by atoms with Crippen LogP contribution in [0.2, 0.25) is 0 Å². The van der Waals surface area contributed by atoms with E-state index in [2.05, 4.69) is 0 Å². The number of benzene rings is 1. The van der Waals surface area contributed by atoms with Gasteiger partial charge in [-0.1, -0.05) is 12.2 Å². The molecule has 0 atom stereocenters. The lowest BCUT2D eigenvalue weighted by molar-refractivity contribution is 0.0686. The van der Waals surface area contributed by atoms with Gasteiger partial charge in [-0.25, -0.2) is 13.6 Å². The maximum Gasteiger partial charge on any atom is 0.341 e. The Morgan fingerprint density at radius 3 is 2.38 bits per heavy atom. The summed E-state index contributed by atoms with van der Waals surface area (Å²) in [5, 5.41) is 8.54. The van der Waals surface area contributed by atoms with Crippen LogP contribution in [-0.4, -0.2) is 17.6 Å². The molecule has 1 rings (SSSR count). The van der Waals surface area contributed by atoms with Crippen LogP contribution in [0, 0.1) is 11.6 Å². The van der Waals surface area contributed by atoms with Gasteiger partial charge in [0.1, 0.15) is 17.2 Å². The third kappa shape index (κ3) is 2.87. The van der Waals surface area contributed by atoms with Crippen molar-refractivity contribution >= 4 is 12.0 Å². The number of hydrogen-bond donors (Lipinski definition) is 2. The predicted molar refractivity (Wildman–Crippen MR) is 56.0 cm³/mol. The first-order valence-corrected chi connectivity index (χ1v) is 4.65. The van der Waals surface area contributed by atoms with Crippen molar-refractivity contribution in [3.63, 3.8) is 0 Å². The number of hydrogen-bond acceptors (Lipinski definition) is 2. The van der Waals surface area contributed by atoms with Gasteiger partial charge >= 0.3 is 5.97 Å². The molecule has 0 heterocycles. The van der Waals surface area contributed by atoms with Crippen LogP contribution in [0.1, 0.15) is 22.3 Å². The van der Waals surface area contributed by atoms with Crippen molar-refractivity contribution in [1.82, 2.24) is 0 Å². The highest BCUT2D eigenvalue weighted by atomic mass is 19.1. The van der Waals surface area contributed by atoms with Crippen molar-refractivity contribution in [2.24, 2.45) is 5.73 Å². The zero-order chi connectivity index (χ0) is 12.1. The third-order valence-electron chi connectivity index (χ3n) is 1.92. The van der Waals surface area contributed by atoms with Crippen molar-refractivity contribution in [1.29, 1.82) is 0 Å². The number of halogens is 2. The largest absolute Gasteiger partial charge is 0.477 e. The molecule has 0 amide bonds. The topological polar surface area (TPSA) is 63.3 Å². The lowest BCUT2D eigenvalue weighted by atomic mass is 10.1. The molecule has 16 heavy (non-hydrogen) atoms. The standard InChI is InChI=1S/C11H11F2NO2/c12-8-5-7(3-1-2-4-14)6-9(13)10(8)11(15)16/h1,3,5-6H,2,4,14H2,(H,15,16). The molecule has 3 N–H and O–H groups in total. The number of carbonyl (C=O) groups is 1. The van der Waals surface area contributed by atoms with Gasteiger partial charge in [0.05, 0.1) is 0 Å². The fraction of sp³-hybridized carbons (Fsp3) is 0.182. The molecule has 0 aliphatic heterocycles. The normalized spacial score (nSPS) is 10.9. The molecule has 0 aliphatic rings. The maximum atomic E-state index is 13.2. The monoisotopic (exact) mass is 227 g/mol. The molecule has 0 spiro atoms. The highest BCUT2D eigenvalue weighted by Gasteiger charge is 2.16. The van der Waals surface area contributed by atoms with E-state index in [0.29, 0.717) is 13.0 Å². The first kappa shape index (κ1) is 12.3. The number of carboxylic acid groups (broad SMARTS) is 1. The van der Waals surface area contributed by atoms with Crippen LogP contribution in [0.15, 0.2) is 18.2 Å². The Kier molecular flexibility index (Phi) is 4.13. The van der Waals surface area contributed by atoms with Crippen LogP contribution < -0.4 is 5.73 Å². The molecule has 86 valence electrons. The van der Waals surface area contributed by atoms with Gasteiger partial charge in [0.15, 0.2) is 0 Å². The van der Waals surface area contributed by atoms with E-state index >= 15 is 0 Å². The summed E-state index contributed by atoms with van der Waals surface area (Å²) in [6.45, 7) is 0.439. The minimum Gasteiger partial charge on any atom is -0.477 e. The van der Waals surface area contributed by atoms with Gasteiger partial charge in [-0.2, -0.15) is 0 Å². The fourth-order valence-corrected chi connectivity index (χ4v) is 1.21. The van der Waals surface area contributed by atoms with Crippen LogP contribution in [-0.2, 0) is 0 Å². The molecule has 0 radical (unpaired) electrons. The molecular weight excluding hydrogens is 216 g/mol. The van der Waals surface area contributed by atoms with E-state index in [9.17, 15) is 13.6 Å². The van der Waals surface area contributed by atoms with E-state index in [-0.39, 0.29) is 5.56 Å². The molecular formula is C11H11F2NO2. The highest BCUT2D eigenvalue weighted by molar-refractivity contribution is 5.88. The zero-order valence-corrected chi connectivity index (χ0v) is 8.41. The van der Waals surface area contributed by atoms with Crippen LogP contribution >= 0.6 is 0 Å². The minimum atomic E-state index is -1.62. The first-order valence-electron chi connectivity index (χ1n) is 4.65. The van der Waals surface area contributed by atoms with Crippen molar-refractivity contribution in [2.75, 3.05) is 6.54 Å². The summed E-state index contributed by atoms with van der Waals surface area (Å²) in [5.41, 5.74) is 4.58. The lowest BCUT2D eigenvalue weighted by Gasteiger charge is -2.01. The fourth-order valence-electron chi connectivity index (χ4n) is 1.21. The SMILES string of the molecule is NCCC=Cc1cc(F)c(C(=O)O)c(F)c1. The Hall–Kier alpha value is -1.75. The number of nitrogens with two attached hydrogens (primary N) is 1. The van der Waals surface area contributed by atoms with Crippen molar-refractivity contribution in [3.05, 3.63) is 41.0 Å². The molecule has 3 nitrogen and oxygen atoms in total. The van der Waals surface area contributed by atoms with E-state index in [1.807, 2.05) is 0 Å². The Bertz CT molecular complexity index is 407. The van der Waals surface area contributed by atoms with Crippen molar-refractivity contribution in [3.8, 4) is 0 Å². The molecule has 0 aliphatic carbocycles. The minimum absolute atomic E-state index is 0.272. The summed E-state index contributed by atoms with van der Waals surface area (Å²) in [5.74, 6) is -3.78. The van der Waals surface area contributed by atoms with E-state index in [4.69, 9.17) is 10.8 Å². The lowest BCUT2D eigenvalue weighted by Crippen LogP contribution is -2.04. The summed E-state index contributed by atoms with van der Waals surface area (Å²) in [4.78, 5) is 10.5. The van der Waals surface area contributed by atoms with Gasteiger partial charge in [0, 0.05) is 0 Å². The summed E-state index contributed by atoms with van der Waals surface area (Å²) < 4.78 is 26.4. The smallest absolute Gasteiger partial charge is 0.341 e. The summed E-state index contributed by atoms with van der Waals surface area (Å²) in [6.07, 6.45) is 3.74. The second kappa shape index (κ2) is 5.37. The Labute approximate surface area is 91.2 Å². The summed E-state index contributed by atoms with van der Waals surface area (Å²) >= 11 is 0. The van der Waals surface area contributed by atoms with Gasteiger partial charge < -0.3 is 10.8 Å². The van der Waals surface area contributed by atoms with Crippen LogP contribution in [0.3, 0.4) is 0 Å². The van der Waals surface area contributed by atoms with Gasteiger partial charge in [0.2, 0.25) is 0 Å². The van der Waals surface area contributed by atoms with Crippen LogP contribution in [0.4, 0.5) is 8.78 Å². The predicted octanol–water partition coefficient (Wildman–Crippen LogP) is 2.03. The van der Waals surface area contributed by atoms with E-state index in [0.717, 1.165) is 12.1 Å². The van der Waals surface area contributed by atoms with Gasteiger partial charge in [0.25, 0.3) is 0 Å². The quantitative estimate of drug-likeness (QED) is 0.827. The Morgan fingerprint density at radius 2 is 1.94 bits per heavy atom. The van der Waals surface area contributed by atoms with Gasteiger partial charge in [-0.3, -0.25) is 0 Å². The highest BCUT2D eigenvalue weighted by Crippen LogP contribution is 2.16. The Balaban J connectivity index is 3.05. The molecule has 0 fully saturated rings. The zero-order valence-electron chi connectivity index (χ0n) is 8.41. The molecule has 1 aromatic rings. The summed E-state index contributed by atoms with van der Waals surface area (Å²) in [7, 11) is 0. The number of rotatable bonds is 4. The van der Waals surface area contributed by atoms with E-state index < -0.39 is 23.2 Å². The Morgan fingerprint density at radius 1 is 1.38 bits per heavy atom. The molecule has 5 heteroatoms. The molecule has 0 bridgehead atoms. The molecule has 0 aromatic heterocycles. The third-order valence-corrected chi connectivity index (χ3v) is 1.92. The van der Waals surface area contributed by atoms with Crippen LogP contribution in [0.25, 0.3) is 6.08 Å². The molecule has 0 saturated carbocycles. The second-order valence-corrected chi connectivity index (χ2v) is 3.14.